The van der Waals surface area contributed by atoms with Crippen molar-refractivity contribution in [1.82, 2.24) is 0 Å². The molecule has 0 atom stereocenters. The molecule has 3 heteroatoms. The van der Waals surface area contributed by atoms with Gasteiger partial charge in [-0.3, -0.25) is 4.79 Å². The highest BCUT2D eigenvalue weighted by molar-refractivity contribution is 6.04. The molecule has 0 aliphatic carbocycles. The van der Waals surface area contributed by atoms with Crippen molar-refractivity contribution < 1.29 is 14.3 Å². The summed E-state index contributed by atoms with van der Waals surface area (Å²) >= 11 is 0. The van der Waals surface area contributed by atoms with Gasteiger partial charge in [0.2, 0.25) is 0 Å². The van der Waals surface area contributed by atoms with E-state index >= 15 is 0 Å². The summed E-state index contributed by atoms with van der Waals surface area (Å²) in [7, 11) is 3.13. The zero-order valence-corrected chi connectivity index (χ0v) is 11.2. The Labute approximate surface area is 108 Å². The van der Waals surface area contributed by atoms with Crippen molar-refractivity contribution in [3.8, 4) is 11.5 Å². The quantitative estimate of drug-likeness (QED) is 0.420. The van der Waals surface area contributed by atoms with E-state index < -0.39 is 0 Å². The molecular formula is C15H20O3. The molecule has 0 amide bonds. The summed E-state index contributed by atoms with van der Waals surface area (Å²) in [6.07, 6.45) is 6.72. The number of rotatable bonds is 7. The first kappa shape index (κ1) is 14.3. The molecule has 18 heavy (non-hydrogen) atoms. The third-order valence-electron chi connectivity index (χ3n) is 2.66. The number of carbonyl (C=O) groups is 1. The summed E-state index contributed by atoms with van der Waals surface area (Å²) in [4.78, 5) is 11.9. The van der Waals surface area contributed by atoms with Gasteiger partial charge in [-0.1, -0.05) is 25.8 Å². The minimum atomic E-state index is -0.00736. The monoisotopic (exact) mass is 248 g/mol. The summed E-state index contributed by atoms with van der Waals surface area (Å²) in [6, 6.07) is 5.19. The van der Waals surface area contributed by atoms with Gasteiger partial charge < -0.3 is 9.47 Å². The van der Waals surface area contributed by atoms with Crippen LogP contribution in [0.25, 0.3) is 0 Å². The van der Waals surface area contributed by atoms with Crippen LogP contribution in [0, 0.1) is 0 Å². The van der Waals surface area contributed by atoms with Gasteiger partial charge in [-0.05, 0) is 30.7 Å². The van der Waals surface area contributed by atoms with E-state index in [-0.39, 0.29) is 5.78 Å². The zero-order chi connectivity index (χ0) is 13.4. The fraction of sp³-hybridized carbons (Fsp3) is 0.400. The van der Waals surface area contributed by atoms with Crippen LogP contribution in [-0.4, -0.2) is 20.0 Å². The molecule has 0 unspecified atom stereocenters. The molecule has 0 fully saturated rings. The van der Waals surface area contributed by atoms with Crippen molar-refractivity contribution in [3.63, 3.8) is 0 Å². The van der Waals surface area contributed by atoms with Gasteiger partial charge in [-0.15, -0.1) is 0 Å². The first-order valence-electron chi connectivity index (χ1n) is 6.15. The van der Waals surface area contributed by atoms with E-state index in [1.54, 1.807) is 38.5 Å². The molecule has 0 heterocycles. The molecule has 3 nitrogen and oxygen atoms in total. The second-order valence-electron chi connectivity index (χ2n) is 3.98. The van der Waals surface area contributed by atoms with Crippen molar-refractivity contribution in [3.05, 3.63) is 35.9 Å². The fourth-order valence-electron chi connectivity index (χ4n) is 1.60. The van der Waals surface area contributed by atoms with Crippen molar-refractivity contribution in [1.29, 1.82) is 0 Å². The average Bonchev–Trinajstić information content (AvgIpc) is 2.42. The smallest absolute Gasteiger partial charge is 0.185 e. The lowest BCUT2D eigenvalue weighted by atomic mass is 10.1. The van der Waals surface area contributed by atoms with Crippen LogP contribution in [-0.2, 0) is 0 Å². The summed E-state index contributed by atoms with van der Waals surface area (Å²) in [5.74, 6) is 1.20. The number of ketones is 1. The Morgan fingerprint density at radius 1 is 1.22 bits per heavy atom. The molecule has 1 rings (SSSR count). The van der Waals surface area contributed by atoms with Crippen LogP contribution in [0.15, 0.2) is 30.4 Å². The van der Waals surface area contributed by atoms with E-state index in [9.17, 15) is 4.79 Å². The number of allylic oxidation sites excluding steroid dienone is 2. The van der Waals surface area contributed by atoms with Gasteiger partial charge in [0.15, 0.2) is 17.3 Å². The topological polar surface area (TPSA) is 35.5 Å². The molecule has 0 saturated carbocycles. The predicted molar refractivity (Wildman–Crippen MR) is 72.5 cm³/mol. The standard InChI is InChI=1S/C15H20O3/c1-4-5-6-7-8-13(16)12-9-10-14(17-2)15(11-12)18-3/h7-11H,4-6H2,1-3H3/b8-7+. The van der Waals surface area contributed by atoms with Gasteiger partial charge in [-0.2, -0.15) is 0 Å². The first-order chi connectivity index (χ1) is 8.72. The Kier molecular flexibility index (Phi) is 5.98. The minimum absolute atomic E-state index is 0.00736. The lowest BCUT2D eigenvalue weighted by Gasteiger charge is -2.07. The average molecular weight is 248 g/mol. The summed E-state index contributed by atoms with van der Waals surface area (Å²) in [5, 5.41) is 0. The number of hydrogen-bond acceptors (Lipinski definition) is 3. The maximum absolute atomic E-state index is 11.9. The maximum atomic E-state index is 11.9. The third kappa shape index (κ3) is 3.91. The Morgan fingerprint density at radius 2 is 1.94 bits per heavy atom. The van der Waals surface area contributed by atoms with Crippen molar-refractivity contribution in [2.45, 2.75) is 26.2 Å². The number of benzene rings is 1. The van der Waals surface area contributed by atoms with Gasteiger partial charge in [0.1, 0.15) is 0 Å². The lowest BCUT2D eigenvalue weighted by Crippen LogP contribution is -1.97. The van der Waals surface area contributed by atoms with Gasteiger partial charge >= 0.3 is 0 Å². The van der Waals surface area contributed by atoms with Gasteiger partial charge in [0.05, 0.1) is 14.2 Å². The van der Waals surface area contributed by atoms with E-state index in [0.717, 1.165) is 19.3 Å². The van der Waals surface area contributed by atoms with Crippen LogP contribution in [0.5, 0.6) is 11.5 Å². The lowest BCUT2D eigenvalue weighted by molar-refractivity contribution is 0.104. The van der Waals surface area contributed by atoms with Crippen LogP contribution < -0.4 is 9.47 Å². The number of carbonyl (C=O) groups excluding carboxylic acids is 1. The Balaban J connectivity index is 2.77. The highest BCUT2D eigenvalue weighted by Crippen LogP contribution is 2.27. The number of unbranched alkanes of at least 4 members (excludes halogenated alkanes) is 2. The summed E-state index contributed by atoms with van der Waals surface area (Å²) in [6.45, 7) is 2.13. The van der Waals surface area contributed by atoms with Gasteiger partial charge in [-0.25, -0.2) is 0 Å². The second-order valence-corrected chi connectivity index (χ2v) is 3.98. The molecule has 0 aliphatic rings. The molecule has 0 bridgehead atoms. The van der Waals surface area contributed by atoms with Crippen LogP contribution in [0.1, 0.15) is 36.5 Å². The molecular weight excluding hydrogens is 228 g/mol. The fourth-order valence-corrected chi connectivity index (χ4v) is 1.60. The third-order valence-corrected chi connectivity index (χ3v) is 2.66. The van der Waals surface area contributed by atoms with E-state index in [1.807, 2.05) is 6.08 Å². The molecule has 98 valence electrons. The van der Waals surface area contributed by atoms with Crippen LogP contribution in [0.3, 0.4) is 0 Å². The molecule has 0 aliphatic heterocycles. The highest BCUT2D eigenvalue weighted by atomic mass is 16.5. The van der Waals surface area contributed by atoms with E-state index in [0.29, 0.717) is 17.1 Å². The summed E-state index contributed by atoms with van der Waals surface area (Å²) < 4.78 is 10.3. The highest BCUT2D eigenvalue weighted by Gasteiger charge is 2.08. The SMILES string of the molecule is CCCC/C=C/C(=O)c1ccc(OC)c(OC)c1. The van der Waals surface area contributed by atoms with E-state index in [1.165, 1.54) is 0 Å². The first-order valence-corrected chi connectivity index (χ1v) is 6.15. The summed E-state index contributed by atoms with van der Waals surface area (Å²) in [5.41, 5.74) is 0.611. The molecule has 1 aromatic carbocycles. The Bertz CT molecular complexity index is 422. The molecule has 1 aromatic rings. The number of hydrogen-bond donors (Lipinski definition) is 0. The molecule has 0 radical (unpaired) electrons. The largest absolute Gasteiger partial charge is 0.493 e. The normalized spacial score (nSPS) is 10.6. The van der Waals surface area contributed by atoms with Crippen LogP contribution in [0.4, 0.5) is 0 Å². The van der Waals surface area contributed by atoms with E-state index in [4.69, 9.17) is 9.47 Å². The zero-order valence-electron chi connectivity index (χ0n) is 11.2. The molecule has 0 N–H and O–H groups in total. The van der Waals surface area contributed by atoms with Gasteiger partial charge in [0.25, 0.3) is 0 Å². The van der Waals surface area contributed by atoms with Crippen molar-refractivity contribution >= 4 is 5.78 Å². The Morgan fingerprint density at radius 3 is 2.56 bits per heavy atom. The predicted octanol–water partition coefficient (Wildman–Crippen LogP) is 3.63. The minimum Gasteiger partial charge on any atom is -0.493 e. The van der Waals surface area contributed by atoms with Crippen molar-refractivity contribution in [2.75, 3.05) is 14.2 Å². The van der Waals surface area contributed by atoms with Crippen LogP contribution >= 0.6 is 0 Å². The van der Waals surface area contributed by atoms with Crippen LogP contribution in [0.2, 0.25) is 0 Å². The van der Waals surface area contributed by atoms with Gasteiger partial charge in [0, 0.05) is 5.56 Å². The Hall–Kier alpha value is -1.77. The maximum Gasteiger partial charge on any atom is 0.185 e. The second kappa shape index (κ2) is 7.54. The molecule has 0 aromatic heterocycles. The number of methoxy groups -OCH3 is 2. The molecule has 0 spiro atoms. The van der Waals surface area contributed by atoms with E-state index in [2.05, 4.69) is 6.92 Å². The number of ether oxygens (including phenoxy) is 2. The molecule has 0 saturated heterocycles. The van der Waals surface area contributed by atoms with Crippen molar-refractivity contribution in [2.24, 2.45) is 0 Å².